The Morgan fingerprint density at radius 1 is 1.04 bits per heavy atom. The SMILES string of the molecule is CC(=O)CCC[P+](C1=C=CCC(C)CC1)(c1ccccc1)c1ccccc1. The van der Waals surface area contributed by atoms with E-state index in [2.05, 4.69) is 79.4 Å². The van der Waals surface area contributed by atoms with E-state index in [0.717, 1.165) is 25.4 Å². The standard InChI is InChI=1S/C25H30OP/c1-21-11-9-17-25(19-18-21)27(20-10-12-22(2)26,23-13-5-3-6-14-23)24-15-7-4-8-16-24/h3-9,13-16,21H,10-12,18-20H2,1-2H3/q+1. The summed E-state index contributed by atoms with van der Waals surface area (Å²) in [6, 6.07) is 22.0. The van der Waals surface area contributed by atoms with Crippen LogP contribution in [0.25, 0.3) is 0 Å². The predicted octanol–water partition coefficient (Wildman–Crippen LogP) is 5.88. The first-order chi connectivity index (χ1) is 13.1. The highest BCUT2D eigenvalue weighted by Crippen LogP contribution is 2.65. The number of Topliss-reactive ketones (excluding diaryl/α,β-unsaturated/α-hetero) is 1. The van der Waals surface area contributed by atoms with Crippen molar-refractivity contribution in [2.45, 2.75) is 46.0 Å². The van der Waals surface area contributed by atoms with Crippen LogP contribution in [0.3, 0.4) is 0 Å². The Bertz CT molecular complexity index is 776. The Balaban J connectivity index is 2.15. The third-order valence-corrected chi connectivity index (χ3v) is 10.2. The lowest BCUT2D eigenvalue weighted by atomic mass is 10.0. The largest absolute Gasteiger partial charge is 0.300 e. The topological polar surface area (TPSA) is 17.1 Å². The van der Waals surface area contributed by atoms with E-state index >= 15 is 0 Å². The molecule has 2 heteroatoms. The van der Waals surface area contributed by atoms with Crippen molar-refractivity contribution in [2.75, 3.05) is 6.16 Å². The van der Waals surface area contributed by atoms with Crippen LogP contribution in [-0.4, -0.2) is 11.9 Å². The van der Waals surface area contributed by atoms with E-state index in [9.17, 15) is 4.79 Å². The molecule has 0 saturated heterocycles. The highest BCUT2D eigenvalue weighted by atomic mass is 31.2. The lowest BCUT2D eigenvalue weighted by molar-refractivity contribution is -0.117. The van der Waals surface area contributed by atoms with Crippen molar-refractivity contribution in [3.63, 3.8) is 0 Å². The van der Waals surface area contributed by atoms with E-state index < -0.39 is 7.26 Å². The fourth-order valence-corrected chi connectivity index (χ4v) is 8.56. The van der Waals surface area contributed by atoms with E-state index in [1.807, 2.05) is 0 Å². The van der Waals surface area contributed by atoms with Crippen molar-refractivity contribution in [3.05, 3.63) is 77.8 Å². The second kappa shape index (κ2) is 9.32. The minimum absolute atomic E-state index is 0.285. The number of ketones is 1. The smallest absolute Gasteiger partial charge is 0.129 e. The van der Waals surface area contributed by atoms with Gasteiger partial charge >= 0.3 is 0 Å². The van der Waals surface area contributed by atoms with E-state index in [0.29, 0.717) is 12.3 Å². The van der Waals surface area contributed by atoms with Gasteiger partial charge in [0.1, 0.15) is 29.0 Å². The minimum atomic E-state index is -1.76. The molecule has 2 aromatic carbocycles. The zero-order valence-electron chi connectivity index (χ0n) is 16.5. The number of benzene rings is 2. The molecule has 0 aliphatic heterocycles. The predicted molar refractivity (Wildman–Crippen MR) is 118 cm³/mol. The van der Waals surface area contributed by atoms with Gasteiger partial charge in [-0.3, -0.25) is 0 Å². The summed E-state index contributed by atoms with van der Waals surface area (Å²) in [5.41, 5.74) is 3.74. The number of carbonyl (C=O) groups is 1. The van der Waals surface area contributed by atoms with Crippen LogP contribution in [0.1, 0.15) is 46.0 Å². The van der Waals surface area contributed by atoms with Crippen LogP contribution in [0.5, 0.6) is 0 Å². The molecule has 0 N–H and O–H groups in total. The van der Waals surface area contributed by atoms with Gasteiger partial charge in [0.2, 0.25) is 0 Å². The molecule has 2 aromatic rings. The van der Waals surface area contributed by atoms with Crippen LogP contribution < -0.4 is 10.6 Å². The van der Waals surface area contributed by atoms with Crippen molar-refractivity contribution in [2.24, 2.45) is 5.92 Å². The van der Waals surface area contributed by atoms with Crippen LogP contribution >= 0.6 is 7.26 Å². The van der Waals surface area contributed by atoms with Gasteiger partial charge in [0, 0.05) is 12.8 Å². The number of rotatable bonds is 7. The molecule has 1 aliphatic rings. The molecule has 0 amide bonds. The van der Waals surface area contributed by atoms with Crippen molar-refractivity contribution >= 4 is 23.7 Å². The molecule has 27 heavy (non-hydrogen) atoms. The van der Waals surface area contributed by atoms with Gasteiger partial charge in [-0.1, -0.05) is 49.1 Å². The molecule has 1 atom stereocenters. The summed E-state index contributed by atoms with van der Waals surface area (Å²) < 4.78 is 0. The number of hydrogen-bond acceptors (Lipinski definition) is 1. The van der Waals surface area contributed by atoms with Crippen LogP contribution in [0.2, 0.25) is 0 Å². The Labute approximate surface area is 164 Å². The van der Waals surface area contributed by atoms with E-state index in [4.69, 9.17) is 0 Å². The summed E-state index contributed by atoms with van der Waals surface area (Å²) in [5.74, 6) is 0.994. The molecule has 0 aromatic heterocycles. The molecule has 3 rings (SSSR count). The lowest BCUT2D eigenvalue weighted by Gasteiger charge is -2.28. The third-order valence-electron chi connectivity index (χ3n) is 5.54. The first kappa shape index (κ1) is 19.8. The molecule has 0 radical (unpaired) electrons. The second-order valence-corrected chi connectivity index (χ2v) is 11.3. The van der Waals surface area contributed by atoms with Gasteiger partial charge in [0.15, 0.2) is 0 Å². The van der Waals surface area contributed by atoms with Gasteiger partial charge in [0.05, 0.1) is 6.16 Å². The molecule has 0 spiro atoms. The van der Waals surface area contributed by atoms with Gasteiger partial charge in [-0.15, -0.1) is 0 Å². The summed E-state index contributed by atoms with van der Waals surface area (Å²) >= 11 is 0. The zero-order valence-corrected chi connectivity index (χ0v) is 17.4. The number of allylic oxidation sites excluding steroid dienone is 1. The zero-order chi connectivity index (χ0) is 19.1. The van der Waals surface area contributed by atoms with Crippen molar-refractivity contribution in [1.29, 1.82) is 0 Å². The Kier molecular flexibility index (Phi) is 6.84. The first-order valence-corrected chi connectivity index (χ1v) is 12.0. The second-order valence-electron chi connectivity index (χ2n) is 7.68. The fourth-order valence-electron chi connectivity index (χ4n) is 4.04. The van der Waals surface area contributed by atoms with Gasteiger partial charge in [0.25, 0.3) is 0 Å². The molecule has 140 valence electrons. The van der Waals surface area contributed by atoms with Crippen LogP contribution in [0, 0.1) is 5.92 Å². The summed E-state index contributed by atoms with van der Waals surface area (Å²) in [5, 5.41) is 4.32. The fraction of sp³-hybridized carbons (Fsp3) is 0.360. The molecular formula is C25H30OP+. The molecular weight excluding hydrogens is 347 g/mol. The van der Waals surface area contributed by atoms with Gasteiger partial charge in [-0.05, 0) is 62.4 Å². The maximum Gasteiger partial charge on any atom is 0.129 e. The molecule has 0 fully saturated rings. The first-order valence-electron chi connectivity index (χ1n) is 10.1. The Morgan fingerprint density at radius 2 is 1.63 bits per heavy atom. The maximum atomic E-state index is 11.7. The molecule has 1 nitrogen and oxygen atoms in total. The van der Waals surface area contributed by atoms with Gasteiger partial charge in [-0.2, -0.15) is 0 Å². The number of carbonyl (C=O) groups excluding carboxylic acids is 1. The van der Waals surface area contributed by atoms with Crippen molar-refractivity contribution in [1.82, 2.24) is 0 Å². The molecule has 0 heterocycles. The van der Waals surface area contributed by atoms with E-state index in [1.165, 1.54) is 22.3 Å². The quantitative estimate of drug-likeness (QED) is 0.435. The Hall–Kier alpha value is -1.94. The third kappa shape index (κ3) is 4.67. The average Bonchev–Trinajstić information content (AvgIpc) is 2.91. The van der Waals surface area contributed by atoms with Crippen LogP contribution in [0.4, 0.5) is 0 Å². The summed E-state index contributed by atoms with van der Waals surface area (Å²) in [6.07, 6.45) is 8.34. The van der Waals surface area contributed by atoms with E-state index in [-0.39, 0.29) is 5.78 Å². The van der Waals surface area contributed by atoms with Crippen molar-refractivity contribution in [3.8, 4) is 0 Å². The lowest BCUT2D eigenvalue weighted by Crippen LogP contribution is -2.26. The monoisotopic (exact) mass is 377 g/mol. The van der Waals surface area contributed by atoms with Gasteiger partial charge < -0.3 is 4.79 Å². The summed E-state index contributed by atoms with van der Waals surface area (Å²) in [7, 11) is -1.76. The molecule has 1 unspecified atom stereocenters. The average molecular weight is 377 g/mol. The summed E-state index contributed by atoms with van der Waals surface area (Å²) in [6.45, 7) is 4.04. The highest BCUT2D eigenvalue weighted by molar-refractivity contribution is 7.93. The highest BCUT2D eigenvalue weighted by Gasteiger charge is 2.46. The van der Waals surface area contributed by atoms with Crippen LogP contribution in [0.15, 0.2) is 77.8 Å². The molecule has 0 saturated carbocycles. The normalized spacial score (nSPS) is 17.3. The molecule has 0 bridgehead atoms. The van der Waals surface area contributed by atoms with E-state index in [1.54, 1.807) is 6.92 Å². The van der Waals surface area contributed by atoms with Gasteiger partial charge in [-0.25, -0.2) is 0 Å². The number of hydrogen-bond donors (Lipinski definition) is 0. The van der Waals surface area contributed by atoms with Crippen molar-refractivity contribution < 1.29 is 4.79 Å². The Morgan fingerprint density at radius 3 is 2.19 bits per heavy atom. The maximum absolute atomic E-state index is 11.7. The molecule has 1 aliphatic carbocycles. The minimum Gasteiger partial charge on any atom is -0.300 e. The summed E-state index contributed by atoms with van der Waals surface area (Å²) in [4.78, 5) is 11.7. The van der Waals surface area contributed by atoms with Crippen LogP contribution in [-0.2, 0) is 4.79 Å².